The van der Waals surface area contributed by atoms with Gasteiger partial charge in [0.05, 0.1) is 13.0 Å². The van der Waals surface area contributed by atoms with Crippen LogP contribution in [0.2, 0.25) is 0 Å². The van der Waals surface area contributed by atoms with E-state index in [0.717, 1.165) is 5.69 Å². The van der Waals surface area contributed by atoms with Gasteiger partial charge in [-0.1, -0.05) is 6.92 Å². The van der Waals surface area contributed by atoms with Crippen LogP contribution in [0, 0.1) is 5.92 Å². The molecular weight excluding hydrogens is 222 g/mol. The summed E-state index contributed by atoms with van der Waals surface area (Å²) in [6.07, 6.45) is 1.18. The van der Waals surface area contributed by atoms with Gasteiger partial charge in [0.1, 0.15) is 5.69 Å². The van der Waals surface area contributed by atoms with Crippen LogP contribution >= 0.6 is 0 Å². The third kappa shape index (κ3) is 3.09. The Bertz CT molecular complexity index is 422. The van der Waals surface area contributed by atoms with Gasteiger partial charge in [-0.05, 0) is 25.0 Å². The van der Waals surface area contributed by atoms with Crippen molar-refractivity contribution in [2.45, 2.75) is 19.8 Å². The average molecular weight is 239 g/mol. The summed E-state index contributed by atoms with van der Waals surface area (Å²) < 4.78 is 6.38. The Kier molecular flexibility index (Phi) is 4.31. The molecule has 5 heteroatoms. The molecule has 1 unspecified atom stereocenters. The molecule has 0 aliphatic rings. The number of esters is 1. The molecule has 0 radical (unpaired) electrons. The summed E-state index contributed by atoms with van der Waals surface area (Å²) >= 11 is 0. The molecule has 0 amide bonds. The average Bonchev–Trinajstić information content (AvgIpc) is 2.66. The molecule has 5 nitrogen and oxygen atoms in total. The Balaban J connectivity index is 2.70. The molecule has 1 rings (SSSR count). The van der Waals surface area contributed by atoms with Gasteiger partial charge >= 0.3 is 11.9 Å². The number of carboxylic acid groups (broad SMARTS) is 1. The van der Waals surface area contributed by atoms with E-state index in [9.17, 15) is 9.59 Å². The summed E-state index contributed by atoms with van der Waals surface area (Å²) in [7, 11) is 3.11. The fourth-order valence-corrected chi connectivity index (χ4v) is 1.60. The molecule has 0 saturated carbocycles. The van der Waals surface area contributed by atoms with Crippen LogP contribution in [0.3, 0.4) is 0 Å². The van der Waals surface area contributed by atoms with E-state index in [1.807, 2.05) is 6.07 Å². The Morgan fingerprint density at radius 3 is 2.65 bits per heavy atom. The Morgan fingerprint density at radius 2 is 2.12 bits per heavy atom. The quantitative estimate of drug-likeness (QED) is 0.790. The molecule has 1 aromatic rings. The monoisotopic (exact) mass is 239 g/mol. The lowest BCUT2D eigenvalue weighted by molar-refractivity contribution is -0.141. The number of carboxylic acids is 1. The molecule has 1 N–H and O–H groups in total. The molecule has 1 heterocycles. The van der Waals surface area contributed by atoms with Gasteiger partial charge in [0.15, 0.2) is 0 Å². The zero-order valence-electron chi connectivity index (χ0n) is 10.3. The maximum Gasteiger partial charge on any atom is 0.354 e. The number of hydrogen-bond donors (Lipinski definition) is 1. The van der Waals surface area contributed by atoms with Crippen molar-refractivity contribution in [3.63, 3.8) is 0 Å². The number of ether oxygens (including phenoxy) is 1. The van der Waals surface area contributed by atoms with Crippen LogP contribution in [0.1, 0.15) is 29.5 Å². The van der Waals surface area contributed by atoms with Gasteiger partial charge in [-0.15, -0.1) is 0 Å². The minimum Gasteiger partial charge on any atom is -0.481 e. The third-order valence-corrected chi connectivity index (χ3v) is 2.88. The van der Waals surface area contributed by atoms with Crippen molar-refractivity contribution in [1.29, 1.82) is 0 Å². The predicted molar refractivity (Wildman–Crippen MR) is 61.9 cm³/mol. The molecule has 94 valence electrons. The van der Waals surface area contributed by atoms with Crippen molar-refractivity contribution in [1.82, 2.24) is 4.57 Å². The number of aryl methyl sites for hydroxylation is 1. The summed E-state index contributed by atoms with van der Waals surface area (Å²) in [5.41, 5.74) is 1.41. The number of aliphatic carboxylic acids is 1. The fraction of sp³-hybridized carbons (Fsp3) is 0.500. The van der Waals surface area contributed by atoms with Gasteiger partial charge in [-0.3, -0.25) is 4.79 Å². The van der Waals surface area contributed by atoms with Gasteiger partial charge in [-0.25, -0.2) is 4.79 Å². The molecular formula is C12H17NO4. The first-order chi connectivity index (χ1) is 7.97. The SMILES string of the molecule is COC(=O)c1ccc(CCC(C)C(=O)O)n1C. The second kappa shape index (κ2) is 5.52. The van der Waals surface area contributed by atoms with E-state index >= 15 is 0 Å². The Hall–Kier alpha value is -1.78. The second-order valence-corrected chi connectivity index (χ2v) is 4.04. The zero-order chi connectivity index (χ0) is 13.0. The largest absolute Gasteiger partial charge is 0.481 e. The van der Waals surface area contributed by atoms with E-state index in [4.69, 9.17) is 5.11 Å². The van der Waals surface area contributed by atoms with E-state index in [-0.39, 0.29) is 11.9 Å². The lowest BCUT2D eigenvalue weighted by atomic mass is 10.0. The summed E-state index contributed by atoms with van der Waals surface area (Å²) in [6, 6.07) is 3.51. The van der Waals surface area contributed by atoms with Crippen LogP contribution < -0.4 is 0 Å². The molecule has 0 aliphatic heterocycles. The summed E-state index contributed by atoms with van der Waals surface area (Å²) in [6.45, 7) is 1.67. The first-order valence-corrected chi connectivity index (χ1v) is 5.43. The lowest BCUT2D eigenvalue weighted by Gasteiger charge is -2.08. The number of carbonyl (C=O) groups excluding carboxylic acids is 1. The first-order valence-electron chi connectivity index (χ1n) is 5.43. The summed E-state index contributed by atoms with van der Waals surface area (Å²) in [4.78, 5) is 22.0. The molecule has 0 bridgehead atoms. The highest BCUT2D eigenvalue weighted by Gasteiger charge is 2.15. The number of aromatic nitrogens is 1. The normalized spacial score (nSPS) is 12.2. The van der Waals surface area contributed by atoms with Crippen molar-refractivity contribution in [2.75, 3.05) is 7.11 Å². The summed E-state index contributed by atoms with van der Waals surface area (Å²) in [5.74, 6) is -1.57. The van der Waals surface area contributed by atoms with Crippen LogP contribution in [-0.2, 0) is 23.0 Å². The van der Waals surface area contributed by atoms with Gasteiger partial charge < -0.3 is 14.4 Å². The highest BCUT2D eigenvalue weighted by molar-refractivity contribution is 5.87. The Labute approximate surface area is 100 Å². The molecule has 0 fully saturated rings. The van der Waals surface area contributed by atoms with Crippen LogP contribution in [-0.4, -0.2) is 28.7 Å². The molecule has 0 aromatic carbocycles. The minimum absolute atomic E-state index is 0.383. The topological polar surface area (TPSA) is 68.5 Å². The van der Waals surface area contributed by atoms with E-state index in [1.165, 1.54) is 7.11 Å². The standard InChI is InChI=1S/C12H17NO4/c1-8(11(14)15)4-5-9-6-7-10(13(9)2)12(16)17-3/h6-8H,4-5H2,1-3H3,(H,14,15). The van der Waals surface area contributed by atoms with E-state index < -0.39 is 5.97 Å². The molecule has 1 atom stereocenters. The number of hydrogen-bond acceptors (Lipinski definition) is 3. The van der Waals surface area contributed by atoms with E-state index in [0.29, 0.717) is 18.5 Å². The lowest BCUT2D eigenvalue weighted by Crippen LogP contribution is -2.13. The van der Waals surface area contributed by atoms with Crippen LogP contribution in [0.4, 0.5) is 0 Å². The number of carbonyl (C=O) groups is 2. The first kappa shape index (κ1) is 13.3. The van der Waals surface area contributed by atoms with Gasteiger partial charge in [0.2, 0.25) is 0 Å². The smallest absolute Gasteiger partial charge is 0.354 e. The highest BCUT2D eigenvalue weighted by atomic mass is 16.5. The van der Waals surface area contributed by atoms with E-state index in [1.54, 1.807) is 24.6 Å². The van der Waals surface area contributed by atoms with Crippen LogP contribution in [0.5, 0.6) is 0 Å². The third-order valence-electron chi connectivity index (χ3n) is 2.88. The van der Waals surface area contributed by atoms with Crippen molar-refractivity contribution < 1.29 is 19.4 Å². The van der Waals surface area contributed by atoms with Gasteiger partial charge in [0.25, 0.3) is 0 Å². The number of methoxy groups -OCH3 is 1. The van der Waals surface area contributed by atoms with Crippen molar-refractivity contribution in [3.05, 3.63) is 23.5 Å². The maximum atomic E-state index is 11.4. The molecule has 0 spiro atoms. The van der Waals surface area contributed by atoms with Gasteiger partial charge in [-0.2, -0.15) is 0 Å². The number of nitrogens with zero attached hydrogens (tertiary/aromatic N) is 1. The van der Waals surface area contributed by atoms with Crippen molar-refractivity contribution >= 4 is 11.9 Å². The summed E-state index contributed by atoms with van der Waals surface area (Å²) in [5, 5.41) is 8.78. The van der Waals surface area contributed by atoms with Crippen molar-refractivity contribution in [3.8, 4) is 0 Å². The second-order valence-electron chi connectivity index (χ2n) is 4.04. The predicted octanol–water partition coefficient (Wildman–Crippen LogP) is 1.46. The molecule has 0 aliphatic carbocycles. The van der Waals surface area contributed by atoms with Crippen LogP contribution in [0.25, 0.3) is 0 Å². The molecule has 17 heavy (non-hydrogen) atoms. The molecule has 0 saturated heterocycles. The van der Waals surface area contributed by atoms with Crippen LogP contribution in [0.15, 0.2) is 12.1 Å². The highest BCUT2D eigenvalue weighted by Crippen LogP contribution is 2.13. The zero-order valence-corrected chi connectivity index (χ0v) is 10.3. The van der Waals surface area contributed by atoms with Crippen molar-refractivity contribution in [2.24, 2.45) is 13.0 Å². The minimum atomic E-state index is -0.799. The van der Waals surface area contributed by atoms with E-state index in [2.05, 4.69) is 4.74 Å². The maximum absolute atomic E-state index is 11.4. The molecule has 1 aromatic heterocycles. The number of rotatable bonds is 5. The Morgan fingerprint density at radius 1 is 1.47 bits per heavy atom. The fourth-order valence-electron chi connectivity index (χ4n) is 1.60. The van der Waals surface area contributed by atoms with Gasteiger partial charge in [0, 0.05) is 12.7 Å².